The van der Waals surface area contributed by atoms with Crippen molar-refractivity contribution in [2.24, 2.45) is 25.4 Å². The van der Waals surface area contributed by atoms with Crippen LogP contribution in [0, 0.1) is 10.1 Å². The third-order valence-electron chi connectivity index (χ3n) is 7.17. The van der Waals surface area contributed by atoms with Crippen molar-refractivity contribution >= 4 is 83.3 Å². The SMILES string of the molecule is C=CC([O-])=Nc1ccc2cc(S(=O)(=O)[O-])c(N=Nc3cc([O-])ccc3Cl)c([O-])c2c1.O=[N+]([O-])c1ccc(N=Nc2c([O-])ccc3ccccc23)c(O)c1.[Cr+3].[Na+].[Na+]. The van der Waals surface area contributed by atoms with Gasteiger partial charge in [-0.25, -0.2) is 8.42 Å². The van der Waals surface area contributed by atoms with E-state index in [4.69, 9.17) is 11.6 Å². The number of azo groups is 2. The molecule has 0 unspecified atom stereocenters. The third-order valence-corrected chi connectivity index (χ3v) is 8.34. The summed E-state index contributed by atoms with van der Waals surface area (Å²) >= 11 is 5.91. The molecule has 0 saturated carbocycles. The number of phenols is 1. The van der Waals surface area contributed by atoms with Crippen LogP contribution in [0.3, 0.4) is 0 Å². The van der Waals surface area contributed by atoms with E-state index in [1.807, 2.05) is 12.1 Å². The van der Waals surface area contributed by atoms with E-state index >= 15 is 0 Å². The second-order valence-corrected chi connectivity index (χ2v) is 12.4. The zero-order valence-corrected chi connectivity index (χ0v) is 35.9. The van der Waals surface area contributed by atoms with Crippen molar-refractivity contribution in [2.75, 3.05) is 0 Å². The van der Waals surface area contributed by atoms with Gasteiger partial charge in [-0.3, -0.25) is 15.1 Å². The predicted octanol–water partition coefficient (Wildman–Crippen LogP) is 0.484. The van der Waals surface area contributed by atoms with Gasteiger partial charge in [0.05, 0.1) is 38.0 Å². The number of fused-ring (bicyclic) bond motifs is 2. The molecular weight excluding hydrogens is 830 g/mol. The Balaban J connectivity index is 0.000000378. The normalized spacial score (nSPS) is 11.3. The van der Waals surface area contributed by atoms with Gasteiger partial charge >= 0.3 is 76.5 Å². The van der Waals surface area contributed by atoms with Crippen molar-refractivity contribution < 1.29 is 120 Å². The zero-order chi connectivity index (χ0) is 38.4. The second-order valence-electron chi connectivity index (χ2n) is 10.6. The van der Waals surface area contributed by atoms with Gasteiger partial charge in [-0.15, -0.1) is 21.1 Å². The van der Waals surface area contributed by atoms with Gasteiger partial charge in [0.15, 0.2) is 0 Å². The molecule has 0 aliphatic carbocycles. The number of hydrogen-bond donors (Lipinski definition) is 1. The number of aromatic hydroxyl groups is 1. The van der Waals surface area contributed by atoms with Gasteiger partial charge in [-0.05, 0) is 58.5 Å². The topological polar surface area (TPSA) is 275 Å². The first-order valence-corrected chi connectivity index (χ1v) is 16.5. The molecule has 21 heteroatoms. The monoisotopic (exact) mass is 849 g/mol. The summed E-state index contributed by atoms with van der Waals surface area (Å²) in [7, 11) is -5.09. The van der Waals surface area contributed by atoms with Crippen LogP contribution in [-0.4, -0.2) is 28.9 Å². The number of benzene rings is 6. The summed E-state index contributed by atoms with van der Waals surface area (Å²) in [6, 6.07) is 22.1. The standard InChI is InChI=1S/C19H14ClN3O6S.C16H11N3O4.Cr.2Na/c1-2-17(25)21-11-4-3-10-7-16(30(27,28)29)18(19(26)13(10)8-11)23-22-15-9-12(24)5-6-14(15)20;20-14-8-5-10-3-1-2-4-12(10)16(14)18-17-13-7-6-11(19(22)23)9-15(13)21;;;/h2-9,24,26H,1H2,(H,21,25)(H,27,28,29);1-9,20-21H;;;/q;;+3;2*+1/p-5. The number of nitro benzene ring substituents is 1. The molecule has 56 heavy (non-hydrogen) atoms. The van der Waals surface area contributed by atoms with Gasteiger partial charge in [0, 0.05) is 11.5 Å². The molecule has 0 aromatic heterocycles. The molecule has 1 radical (unpaired) electrons. The molecule has 0 heterocycles. The van der Waals surface area contributed by atoms with E-state index in [0.717, 1.165) is 29.7 Å². The molecule has 6 rings (SSSR count). The molecule has 0 fully saturated rings. The van der Waals surface area contributed by atoms with Crippen LogP contribution in [0.4, 0.5) is 34.1 Å². The van der Waals surface area contributed by atoms with Crippen molar-refractivity contribution in [3.8, 4) is 23.0 Å². The molecule has 0 saturated heterocycles. The van der Waals surface area contributed by atoms with E-state index in [1.54, 1.807) is 18.2 Å². The molecule has 16 nitrogen and oxygen atoms in total. The van der Waals surface area contributed by atoms with Crippen molar-refractivity contribution in [1.82, 2.24) is 0 Å². The Kier molecular flexibility index (Phi) is 17.6. The van der Waals surface area contributed by atoms with Gasteiger partial charge < -0.3 is 30.1 Å². The molecule has 0 spiro atoms. The zero-order valence-electron chi connectivity index (χ0n) is 29.0. The quantitative estimate of drug-likeness (QED) is 0.0421. The summed E-state index contributed by atoms with van der Waals surface area (Å²) in [5.74, 6) is -2.69. The first kappa shape index (κ1) is 47.7. The number of hydrogen-bond acceptors (Lipinski definition) is 15. The van der Waals surface area contributed by atoms with Crippen LogP contribution in [0.1, 0.15) is 0 Å². The molecule has 6 aromatic carbocycles. The van der Waals surface area contributed by atoms with Crippen LogP contribution in [-0.2, 0) is 27.5 Å². The molecule has 0 amide bonds. The van der Waals surface area contributed by atoms with E-state index in [1.165, 1.54) is 48.5 Å². The number of nitro groups is 1. The Labute approximate surface area is 377 Å². The van der Waals surface area contributed by atoms with E-state index < -0.39 is 43.0 Å². The number of halogens is 1. The van der Waals surface area contributed by atoms with Crippen LogP contribution in [0.5, 0.6) is 23.0 Å². The minimum atomic E-state index is -5.09. The minimum absolute atomic E-state index is 0. The smallest absolute Gasteiger partial charge is 0.872 e. The minimum Gasteiger partial charge on any atom is -0.872 e. The Morgan fingerprint density at radius 1 is 0.786 bits per heavy atom. The van der Waals surface area contributed by atoms with Crippen molar-refractivity contribution in [3.05, 3.63) is 125 Å². The Morgan fingerprint density at radius 2 is 1.45 bits per heavy atom. The maximum absolute atomic E-state index is 12.9. The van der Waals surface area contributed by atoms with E-state index in [9.17, 15) is 48.6 Å². The number of phenolic OH excluding ortho intramolecular Hbond substituents is 1. The molecule has 0 atom stereocenters. The van der Waals surface area contributed by atoms with Crippen molar-refractivity contribution in [1.29, 1.82) is 0 Å². The Morgan fingerprint density at radius 3 is 2.11 bits per heavy atom. The van der Waals surface area contributed by atoms with Gasteiger partial charge in [-0.2, -0.15) is 5.11 Å². The fraction of sp³-hybridized carbons (Fsp3) is 0. The number of non-ortho nitro benzene ring substituents is 1. The van der Waals surface area contributed by atoms with Gasteiger partial charge in [0.1, 0.15) is 27.2 Å². The van der Waals surface area contributed by atoms with Gasteiger partial charge in [0.2, 0.25) is 0 Å². The molecule has 271 valence electrons. The predicted molar refractivity (Wildman–Crippen MR) is 186 cm³/mol. The second kappa shape index (κ2) is 20.7. The molecule has 0 aliphatic rings. The molecular formula is C35H20ClCrN6Na2O10S. The van der Waals surface area contributed by atoms with Crippen LogP contribution in [0.25, 0.3) is 21.5 Å². The number of aliphatic imine (C=N–C) groups is 1. The first-order valence-electron chi connectivity index (χ1n) is 14.7. The largest absolute Gasteiger partial charge is 3.00 e. The van der Waals surface area contributed by atoms with E-state index in [0.29, 0.717) is 5.39 Å². The molecule has 0 bridgehead atoms. The Bertz CT molecular complexity index is 2650. The molecule has 6 aromatic rings. The Hall–Kier alpha value is -4.42. The van der Waals surface area contributed by atoms with Crippen LogP contribution >= 0.6 is 11.6 Å². The number of nitrogens with zero attached hydrogens (tertiary/aromatic N) is 6. The third kappa shape index (κ3) is 11.6. The summed E-state index contributed by atoms with van der Waals surface area (Å²) in [5, 5.41) is 84.7. The van der Waals surface area contributed by atoms with E-state index in [2.05, 4.69) is 32.0 Å². The maximum Gasteiger partial charge on any atom is 3.00 e. The van der Waals surface area contributed by atoms with Crippen LogP contribution in [0.2, 0.25) is 5.02 Å². The maximum atomic E-state index is 12.9. The van der Waals surface area contributed by atoms with E-state index in [-0.39, 0.29) is 132 Å². The number of rotatable bonds is 8. The summed E-state index contributed by atoms with van der Waals surface area (Å²) in [6.07, 6.45) is 0.975. The summed E-state index contributed by atoms with van der Waals surface area (Å²) < 4.78 is 35.1. The van der Waals surface area contributed by atoms with Crippen molar-refractivity contribution in [3.63, 3.8) is 0 Å². The average molecular weight is 850 g/mol. The van der Waals surface area contributed by atoms with Crippen LogP contribution < -0.4 is 79.5 Å². The first-order chi connectivity index (χ1) is 25.2. The van der Waals surface area contributed by atoms with Crippen LogP contribution in [0.15, 0.2) is 140 Å². The summed E-state index contributed by atoms with van der Waals surface area (Å²) in [6.45, 7) is 3.29. The average Bonchev–Trinajstić information content (AvgIpc) is 3.12. The summed E-state index contributed by atoms with van der Waals surface area (Å²) in [4.78, 5) is 12.8. The van der Waals surface area contributed by atoms with Gasteiger partial charge in [0.25, 0.3) is 5.69 Å². The van der Waals surface area contributed by atoms with Crippen molar-refractivity contribution in [2.45, 2.75) is 4.90 Å². The summed E-state index contributed by atoms with van der Waals surface area (Å²) in [5.41, 5.74) is -0.803. The fourth-order valence-electron chi connectivity index (χ4n) is 4.67. The van der Waals surface area contributed by atoms with Gasteiger partial charge in [-0.1, -0.05) is 84.3 Å². The molecule has 1 N–H and O–H groups in total. The fourth-order valence-corrected chi connectivity index (χ4v) is 5.47. The molecule has 0 aliphatic heterocycles.